The van der Waals surface area contributed by atoms with Crippen molar-refractivity contribution in [3.8, 4) is 0 Å². The van der Waals surface area contributed by atoms with Gasteiger partial charge in [-0.05, 0) is 36.3 Å². The van der Waals surface area contributed by atoms with Crippen molar-refractivity contribution in [3.05, 3.63) is 88.6 Å². The van der Waals surface area contributed by atoms with E-state index in [1.807, 2.05) is 30.4 Å². The standard InChI is InChI=1S/C20H18ClF3N2/c21-17-7-3-1-5-15(17)19(13-25)11-9-14(10-12-19)26-18-8-4-2-6-16(18)20(22,23)24/h1-11,26H,12-13,25H2. The molecule has 2 aromatic rings. The van der Waals surface area contributed by atoms with Crippen LogP contribution in [-0.2, 0) is 11.6 Å². The van der Waals surface area contributed by atoms with Crippen LogP contribution in [0.3, 0.4) is 0 Å². The van der Waals surface area contributed by atoms with E-state index in [2.05, 4.69) is 5.32 Å². The van der Waals surface area contributed by atoms with E-state index < -0.39 is 17.2 Å². The fourth-order valence-corrected chi connectivity index (χ4v) is 3.41. The smallest absolute Gasteiger partial charge is 0.355 e. The number of anilines is 1. The Balaban J connectivity index is 1.85. The maximum Gasteiger partial charge on any atom is 0.418 e. The predicted octanol–water partition coefficient (Wildman–Crippen LogP) is 5.51. The Morgan fingerprint density at radius 1 is 1.08 bits per heavy atom. The quantitative estimate of drug-likeness (QED) is 0.736. The van der Waals surface area contributed by atoms with Crippen LogP contribution in [0.25, 0.3) is 0 Å². The minimum atomic E-state index is -4.42. The summed E-state index contributed by atoms with van der Waals surface area (Å²) < 4.78 is 39.4. The van der Waals surface area contributed by atoms with Crippen LogP contribution in [0.4, 0.5) is 18.9 Å². The van der Waals surface area contributed by atoms with Crippen LogP contribution in [-0.4, -0.2) is 6.54 Å². The van der Waals surface area contributed by atoms with Crippen molar-refractivity contribution in [3.63, 3.8) is 0 Å². The van der Waals surface area contributed by atoms with Crippen molar-refractivity contribution >= 4 is 17.3 Å². The van der Waals surface area contributed by atoms with Crippen molar-refractivity contribution < 1.29 is 13.2 Å². The highest BCUT2D eigenvalue weighted by atomic mass is 35.5. The fourth-order valence-electron chi connectivity index (χ4n) is 3.09. The lowest BCUT2D eigenvalue weighted by Gasteiger charge is -2.32. The van der Waals surface area contributed by atoms with Crippen molar-refractivity contribution in [2.75, 3.05) is 11.9 Å². The Hall–Kier alpha value is -2.24. The number of halogens is 4. The molecule has 0 aromatic heterocycles. The number of nitrogens with two attached hydrogens (primary N) is 1. The summed E-state index contributed by atoms with van der Waals surface area (Å²) in [5.74, 6) is 0. The van der Waals surface area contributed by atoms with Crippen LogP contribution in [0.1, 0.15) is 17.5 Å². The summed E-state index contributed by atoms with van der Waals surface area (Å²) in [5, 5.41) is 3.48. The van der Waals surface area contributed by atoms with Crippen molar-refractivity contribution in [1.82, 2.24) is 0 Å². The molecule has 0 radical (unpaired) electrons. The molecule has 1 atom stereocenters. The molecule has 0 bridgehead atoms. The van der Waals surface area contributed by atoms with E-state index in [-0.39, 0.29) is 5.69 Å². The maximum absolute atomic E-state index is 13.1. The minimum absolute atomic E-state index is 0.0221. The predicted molar refractivity (Wildman–Crippen MR) is 99.1 cm³/mol. The second-order valence-electron chi connectivity index (χ2n) is 6.21. The van der Waals surface area contributed by atoms with Gasteiger partial charge < -0.3 is 11.1 Å². The van der Waals surface area contributed by atoms with Gasteiger partial charge in [-0.15, -0.1) is 0 Å². The number of alkyl halides is 3. The minimum Gasteiger partial charge on any atom is -0.355 e. The molecule has 3 rings (SSSR count). The first-order valence-electron chi connectivity index (χ1n) is 8.13. The molecule has 0 aliphatic heterocycles. The number of hydrogen-bond donors (Lipinski definition) is 2. The van der Waals surface area contributed by atoms with Crippen LogP contribution in [0.15, 0.2) is 72.5 Å². The molecule has 0 spiro atoms. The van der Waals surface area contributed by atoms with Gasteiger partial charge in [0.05, 0.1) is 11.3 Å². The molecule has 1 unspecified atom stereocenters. The maximum atomic E-state index is 13.1. The lowest BCUT2D eigenvalue weighted by Crippen LogP contribution is -2.34. The summed E-state index contributed by atoms with van der Waals surface area (Å²) in [6, 6.07) is 12.9. The van der Waals surface area contributed by atoms with Gasteiger partial charge in [-0.3, -0.25) is 0 Å². The first kappa shape index (κ1) is 18.5. The van der Waals surface area contributed by atoms with E-state index in [0.717, 1.165) is 11.6 Å². The molecule has 0 fully saturated rings. The lowest BCUT2D eigenvalue weighted by molar-refractivity contribution is -0.136. The molecular formula is C20H18ClF3N2. The number of nitrogens with one attached hydrogen (secondary N) is 1. The van der Waals surface area contributed by atoms with E-state index in [0.29, 0.717) is 23.7 Å². The molecular weight excluding hydrogens is 361 g/mol. The SMILES string of the molecule is NCC1(c2ccccc2Cl)C=CC(Nc2ccccc2C(F)(F)F)=CC1. The molecule has 0 heterocycles. The average Bonchev–Trinajstić information content (AvgIpc) is 2.63. The van der Waals surface area contributed by atoms with Gasteiger partial charge in [-0.25, -0.2) is 0 Å². The molecule has 6 heteroatoms. The Morgan fingerprint density at radius 2 is 1.77 bits per heavy atom. The summed E-state index contributed by atoms with van der Waals surface area (Å²) in [7, 11) is 0. The second-order valence-corrected chi connectivity index (χ2v) is 6.61. The van der Waals surface area contributed by atoms with Gasteiger partial charge in [-0.1, -0.05) is 54.1 Å². The number of rotatable bonds is 4. The van der Waals surface area contributed by atoms with Gasteiger partial charge in [-0.2, -0.15) is 13.2 Å². The monoisotopic (exact) mass is 378 g/mol. The molecule has 136 valence electrons. The molecule has 2 nitrogen and oxygen atoms in total. The van der Waals surface area contributed by atoms with E-state index in [1.54, 1.807) is 18.2 Å². The van der Waals surface area contributed by atoms with E-state index >= 15 is 0 Å². The van der Waals surface area contributed by atoms with Gasteiger partial charge in [0, 0.05) is 22.7 Å². The van der Waals surface area contributed by atoms with E-state index in [1.165, 1.54) is 12.1 Å². The van der Waals surface area contributed by atoms with Gasteiger partial charge in [0.2, 0.25) is 0 Å². The van der Waals surface area contributed by atoms with Crippen molar-refractivity contribution in [2.24, 2.45) is 5.73 Å². The van der Waals surface area contributed by atoms with Crippen molar-refractivity contribution in [2.45, 2.75) is 18.0 Å². The third kappa shape index (κ3) is 3.64. The Morgan fingerprint density at radius 3 is 2.38 bits per heavy atom. The zero-order valence-electron chi connectivity index (χ0n) is 13.9. The van der Waals surface area contributed by atoms with Gasteiger partial charge in [0.15, 0.2) is 0 Å². The topological polar surface area (TPSA) is 38.0 Å². The van der Waals surface area contributed by atoms with Crippen LogP contribution in [0, 0.1) is 0 Å². The first-order valence-corrected chi connectivity index (χ1v) is 8.51. The third-order valence-electron chi connectivity index (χ3n) is 4.55. The molecule has 0 amide bonds. The van der Waals surface area contributed by atoms with Crippen LogP contribution in [0.5, 0.6) is 0 Å². The Labute approximate surface area is 155 Å². The number of allylic oxidation sites excluding steroid dienone is 2. The summed E-state index contributed by atoms with van der Waals surface area (Å²) >= 11 is 6.31. The summed E-state index contributed by atoms with van der Waals surface area (Å²) in [4.78, 5) is 0. The lowest BCUT2D eigenvalue weighted by atomic mass is 9.75. The van der Waals surface area contributed by atoms with Crippen LogP contribution >= 0.6 is 11.6 Å². The molecule has 0 saturated carbocycles. The Bertz CT molecular complexity index is 858. The normalized spacial score (nSPS) is 20.0. The zero-order valence-corrected chi connectivity index (χ0v) is 14.6. The van der Waals surface area contributed by atoms with Gasteiger partial charge in [0.1, 0.15) is 0 Å². The third-order valence-corrected chi connectivity index (χ3v) is 4.88. The number of hydrogen-bond acceptors (Lipinski definition) is 2. The summed E-state index contributed by atoms with van der Waals surface area (Å²) in [5.41, 5.74) is 6.37. The highest BCUT2D eigenvalue weighted by molar-refractivity contribution is 6.31. The molecule has 1 aliphatic carbocycles. The van der Waals surface area contributed by atoms with Crippen molar-refractivity contribution in [1.29, 1.82) is 0 Å². The molecule has 0 saturated heterocycles. The van der Waals surface area contributed by atoms with E-state index in [4.69, 9.17) is 17.3 Å². The highest BCUT2D eigenvalue weighted by Gasteiger charge is 2.34. The van der Waals surface area contributed by atoms with E-state index in [9.17, 15) is 13.2 Å². The number of benzene rings is 2. The largest absolute Gasteiger partial charge is 0.418 e. The Kier molecular flexibility index (Phi) is 5.12. The number of para-hydroxylation sites is 1. The molecule has 26 heavy (non-hydrogen) atoms. The zero-order chi connectivity index (χ0) is 18.8. The van der Waals surface area contributed by atoms with Gasteiger partial charge in [0.25, 0.3) is 0 Å². The highest BCUT2D eigenvalue weighted by Crippen LogP contribution is 2.39. The summed E-state index contributed by atoms with van der Waals surface area (Å²) in [6.07, 6.45) is 1.64. The molecule has 3 N–H and O–H groups in total. The van der Waals surface area contributed by atoms with Gasteiger partial charge >= 0.3 is 6.18 Å². The van der Waals surface area contributed by atoms with Crippen LogP contribution < -0.4 is 11.1 Å². The summed E-state index contributed by atoms with van der Waals surface area (Å²) in [6.45, 7) is 0.343. The molecule has 2 aromatic carbocycles. The van der Waals surface area contributed by atoms with Crippen LogP contribution in [0.2, 0.25) is 5.02 Å². The average molecular weight is 379 g/mol. The fraction of sp³-hybridized carbons (Fsp3) is 0.200. The first-order chi connectivity index (χ1) is 12.4. The molecule has 1 aliphatic rings. The second kappa shape index (κ2) is 7.17.